The Morgan fingerprint density at radius 1 is 0.441 bits per heavy atom. The summed E-state index contributed by atoms with van der Waals surface area (Å²) in [7, 11) is -9.59. The third kappa shape index (κ3) is 13.7. The molecule has 0 aliphatic heterocycles. The molecule has 6 rings (SSSR count). The van der Waals surface area contributed by atoms with Crippen molar-refractivity contribution in [2.45, 2.75) is 53.0 Å². The van der Waals surface area contributed by atoms with Crippen molar-refractivity contribution in [3.63, 3.8) is 0 Å². The highest BCUT2D eigenvalue weighted by Gasteiger charge is 2.39. The van der Waals surface area contributed by atoms with Crippen LogP contribution in [0.1, 0.15) is 36.1 Å². The van der Waals surface area contributed by atoms with Crippen LogP contribution in [0.5, 0.6) is 23.0 Å². The van der Waals surface area contributed by atoms with Gasteiger partial charge in [-0.2, -0.15) is 19.0 Å². The highest BCUT2D eigenvalue weighted by molar-refractivity contribution is 7.52. The van der Waals surface area contributed by atoms with E-state index < -0.39 is 109 Å². The molecule has 0 aliphatic carbocycles. The van der Waals surface area contributed by atoms with Crippen LogP contribution in [0.15, 0.2) is 121 Å². The Bertz CT molecular complexity index is 2550. The molecule has 2 N–H and O–H groups in total. The normalized spacial score (nSPS) is 13.6. The Labute approximate surface area is 384 Å². The van der Waals surface area contributed by atoms with Gasteiger partial charge in [-0.05, 0) is 63.1 Å². The van der Waals surface area contributed by atoms with E-state index in [1.54, 1.807) is 72.8 Å². The van der Waals surface area contributed by atoms with Gasteiger partial charge in [0.2, 0.25) is 23.1 Å². The van der Waals surface area contributed by atoms with Gasteiger partial charge in [-0.1, -0.05) is 97.1 Å². The first-order valence-electron chi connectivity index (χ1n) is 19.9. The lowest BCUT2D eigenvalue weighted by atomic mass is 10.2. The van der Waals surface area contributed by atoms with Gasteiger partial charge < -0.3 is 27.6 Å². The van der Waals surface area contributed by atoms with Gasteiger partial charge in [0.1, 0.15) is 36.8 Å². The molecule has 0 aromatic heterocycles. The average molecular weight is 995 g/mol. The minimum absolute atomic E-state index is 0.0525. The summed E-state index contributed by atoms with van der Waals surface area (Å²) in [5.41, 5.74) is -0.417. The van der Waals surface area contributed by atoms with Crippen molar-refractivity contribution < 1.29 is 81.4 Å². The Hall–Kier alpha value is -6.72. The summed E-state index contributed by atoms with van der Waals surface area (Å²) < 4.78 is 170. The number of carbonyl (C=O) groups excluding carboxylic acids is 2. The van der Waals surface area contributed by atoms with Gasteiger partial charge in [-0.25, -0.2) is 35.5 Å². The van der Waals surface area contributed by atoms with Gasteiger partial charge in [-0.3, -0.25) is 9.59 Å². The number of hydrogen-bond acceptors (Lipinski definition) is 10. The predicted molar refractivity (Wildman–Crippen MR) is 230 cm³/mol. The van der Waals surface area contributed by atoms with Gasteiger partial charge in [0.05, 0.1) is 0 Å². The quantitative estimate of drug-likeness (QED) is 0.0278. The number of para-hydroxylation sites is 2. The summed E-state index contributed by atoms with van der Waals surface area (Å²) in [5, 5.41) is 4.44. The van der Waals surface area contributed by atoms with E-state index in [0.29, 0.717) is 11.1 Å². The number of esters is 2. The first-order chi connectivity index (χ1) is 32.2. The number of hydrogen-bond donors (Lipinski definition) is 2. The van der Waals surface area contributed by atoms with E-state index in [1.807, 2.05) is 0 Å². The Morgan fingerprint density at radius 3 is 1.04 bits per heavy atom. The second-order valence-corrected chi connectivity index (χ2v) is 17.5. The molecule has 0 saturated carbocycles. The zero-order valence-electron chi connectivity index (χ0n) is 36.1. The molecule has 4 atom stereocenters. The van der Waals surface area contributed by atoms with E-state index in [4.69, 9.17) is 27.6 Å². The van der Waals surface area contributed by atoms with Crippen LogP contribution in [0.25, 0.3) is 0 Å². The number of ether oxygens (including phenoxy) is 2. The summed E-state index contributed by atoms with van der Waals surface area (Å²) >= 11 is 0. The van der Waals surface area contributed by atoms with E-state index in [0.717, 1.165) is 13.8 Å². The van der Waals surface area contributed by atoms with Crippen LogP contribution in [0.2, 0.25) is 0 Å². The minimum atomic E-state index is -4.80. The van der Waals surface area contributed by atoms with Gasteiger partial charge in [0.15, 0.2) is 34.9 Å². The summed E-state index contributed by atoms with van der Waals surface area (Å²) in [6, 6.07) is 29.4. The van der Waals surface area contributed by atoms with Crippen molar-refractivity contribution in [2.24, 2.45) is 0 Å². The molecule has 0 fully saturated rings. The zero-order valence-corrected chi connectivity index (χ0v) is 37.9. The van der Waals surface area contributed by atoms with Crippen LogP contribution < -0.4 is 28.3 Å². The number of rotatable bonds is 18. The highest BCUT2D eigenvalue weighted by Crippen LogP contribution is 2.49. The third-order valence-corrected chi connectivity index (χ3v) is 12.3. The lowest BCUT2D eigenvalue weighted by Crippen LogP contribution is -2.36. The van der Waals surface area contributed by atoms with E-state index in [9.17, 15) is 53.8 Å². The number of carbonyl (C=O) groups is 2. The van der Waals surface area contributed by atoms with E-state index in [1.165, 1.54) is 62.4 Å². The van der Waals surface area contributed by atoms with Gasteiger partial charge in [0.25, 0.3) is 0 Å². The molecule has 0 spiro atoms. The molecule has 6 aromatic rings. The summed E-state index contributed by atoms with van der Waals surface area (Å²) in [6.07, 6.45) is 0. The second kappa shape index (κ2) is 23.3. The molecule has 1 unspecified atom stereocenters. The largest absolute Gasteiger partial charge is 0.513 e. The molecule has 360 valence electrons. The fraction of sp³-hybridized carbons (Fsp3) is 0.174. The molecule has 22 heteroatoms. The summed E-state index contributed by atoms with van der Waals surface area (Å²) in [5.74, 6) is -19.7. The Morgan fingerprint density at radius 2 is 0.735 bits per heavy atom. The molecule has 0 radical (unpaired) electrons. The molecule has 12 nitrogen and oxygen atoms in total. The Kier molecular flexibility index (Phi) is 17.9. The van der Waals surface area contributed by atoms with Crippen LogP contribution in [-0.2, 0) is 41.4 Å². The molecule has 0 heterocycles. The topological polar surface area (TPSA) is 148 Å². The predicted octanol–water partition coefficient (Wildman–Crippen LogP) is 11.7. The van der Waals surface area contributed by atoms with Gasteiger partial charge in [0, 0.05) is 11.1 Å². The molecular weight excluding hydrogens is 954 g/mol. The molecule has 6 aromatic carbocycles. The number of nitrogens with one attached hydrogen (secondary N) is 2. The molecule has 0 aliphatic rings. The Balaban J connectivity index is 0.000000254. The van der Waals surface area contributed by atoms with Crippen molar-refractivity contribution in [1.29, 1.82) is 0 Å². The van der Waals surface area contributed by atoms with Crippen LogP contribution in [0.3, 0.4) is 0 Å². The zero-order chi connectivity index (χ0) is 49.8. The van der Waals surface area contributed by atoms with Gasteiger partial charge in [-0.15, -0.1) is 0 Å². The molecule has 0 amide bonds. The van der Waals surface area contributed by atoms with Crippen molar-refractivity contribution >= 4 is 27.4 Å². The fourth-order valence-corrected chi connectivity index (χ4v) is 8.56. The lowest BCUT2D eigenvalue weighted by molar-refractivity contribution is -0.147. The third-order valence-electron chi connectivity index (χ3n) is 9.10. The summed E-state index contributed by atoms with van der Waals surface area (Å²) in [4.78, 5) is 24.8. The van der Waals surface area contributed by atoms with Crippen molar-refractivity contribution in [3.8, 4) is 23.0 Å². The van der Waals surface area contributed by atoms with Crippen molar-refractivity contribution in [1.82, 2.24) is 10.2 Å². The standard InChI is InChI=1S/2C23H20F4NO5P/c2*1-14-18(24)20(26)21(27)22(19(14)25)33-34(30,32-17-11-7-4-8-12-17)28-15(2)23(29)31-13-16-9-5-3-6-10-16/h2*3-12,15H,13H2,1-2H3,(H,28,30)/t15-,34?;15-,34-/m00/s1. The lowest BCUT2D eigenvalue weighted by Gasteiger charge is -2.24. The first kappa shape index (κ1) is 52.3. The maximum absolute atomic E-state index is 14.5. The molecule has 0 bridgehead atoms. The maximum Gasteiger partial charge on any atom is 0.513 e. The minimum Gasteiger partial charge on any atom is -0.460 e. The molecular formula is C46H40F8N2O10P2. The number of halogens is 8. The van der Waals surface area contributed by atoms with E-state index in [2.05, 4.69) is 10.2 Å². The van der Waals surface area contributed by atoms with Gasteiger partial charge >= 0.3 is 27.4 Å². The fourth-order valence-electron chi connectivity index (χ4n) is 5.52. The average Bonchev–Trinajstić information content (AvgIpc) is 3.34. The maximum atomic E-state index is 14.5. The van der Waals surface area contributed by atoms with E-state index >= 15 is 0 Å². The highest BCUT2D eigenvalue weighted by atomic mass is 31.2. The van der Waals surface area contributed by atoms with Crippen LogP contribution in [-0.4, -0.2) is 24.0 Å². The second-order valence-electron chi connectivity index (χ2n) is 14.3. The van der Waals surface area contributed by atoms with Crippen molar-refractivity contribution in [3.05, 3.63) is 190 Å². The first-order valence-corrected chi connectivity index (χ1v) is 23.0. The monoisotopic (exact) mass is 994 g/mol. The van der Waals surface area contributed by atoms with Crippen LogP contribution in [0, 0.1) is 60.4 Å². The summed E-state index contributed by atoms with van der Waals surface area (Å²) in [6.45, 7) is 4.01. The van der Waals surface area contributed by atoms with Crippen LogP contribution in [0.4, 0.5) is 35.1 Å². The van der Waals surface area contributed by atoms with Crippen molar-refractivity contribution in [2.75, 3.05) is 0 Å². The molecule has 68 heavy (non-hydrogen) atoms. The molecule has 0 saturated heterocycles. The van der Waals surface area contributed by atoms with E-state index in [-0.39, 0.29) is 24.7 Å². The SMILES string of the molecule is Cc1c(F)c(F)c(F)c(OP(=O)(N[C@@H](C)C(=O)OCc2ccccc2)Oc2ccccc2)c1F.Cc1c(F)c(F)c(F)c(O[P@](=O)(N[C@@H](C)C(=O)OCc2ccccc2)Oc2ccccc2)c1F. The van der Waals surface area contributed by atoms with Crippen LogP contribution >= 0.6 is 15.5 Å². The number of benzene rings is 6. The smallest absolute Gasteiger partial charge is 0.460 e.